The van der Waals surface area contributed by atoms with Gasteiger partial charge in [0.05, 0.1) is 24.6 Å². The Kier molecular flexibility index (Phi) is 4.24. The third-order valence-corrected chi connectivity index (χ3v) is 4.90. The van der Waals surface area contributed by atoms with Crippen LogP contribution in [0.3, 0.4) is 0 Å². The van der Waals surface area contributed by atoms with Gasteiger partial charge in [0.2, 0.25) is 10.0 Å². The molecule has 0 saturated carbocycles. The summed E-state index contributed by atoms with van der Waals surface area (Å²) in [5.74, 6) is 0. The Balaban J connectivity index is 2.09. The number of hydrogen-bond donors (Lipinski definition) is 2. The monoisotopic (exact) mass is 288 g/mol. The molecule has 0 radical (unpaired) electrons. The van der Waals surface area contributed by atoms with E-state index in [2.05, 4.69) is 15.1 Å². The van der Waals surface area contributed by atoms with E-state index < -0.39 is 10.0 Å². The van der Waals surface area contributed by atoms with Crippen molar-refractivity contribution < 1.29 is 13.2 Å². The second-order valence-corrected chi connectivity index (χ2v) is 6.41. The molecule has 108 valence electrons. The molecule has 0 aliphatic carbocycles. The molecule has 2 heterocycles. The largest absolute Gasteiger partial charge is 0.378 e. The molecule has 0 amide bonds. The summed E-state index contributed by atoms with van der Waals surface area (Å²) >= 11 is 0. The number of sulfonamides is 1. The molecule has 1 atom stereocenters. The van der Waals surface area contributed by atoms with Crippen molar-refractivity contribution in [1.82, 2.24) is 19.8 Å². The van der Waals surface area contributed by atoms with Crippen molar-refractivity contribution in [3.05, 3.63) is 11.4 Å². The van der Waals surface area contributed by atoms with Crippen molar-refractivity contribution in [2.45, 2.75) is 24.8 Å². The summed E-state index contributed by atoms with van der Waals surface area (Å²) in [5, 5.41) is 7.33. The van der Waals surface area contributed by atoms with E-state index in [1.54, 1.807) is 25.6 Å². The average molecular weight is 288 g/mol. The van der Waals surface area contributed by atoms with E-state index in [-0.39, 0.29) is 10.9 Å². The molecule has 0 spiro atoms. The highest BCUT2D eigenvalue weighted by atomic mass is 32.2. The summed E-state index contributed by atoms with van der Waals surface area (Å²) < 4.78 is 34.1. The minimum Gasteiger partial charge on any atom is -0.378 e. The summed E-state index contributed by atoms with van der Waals surface area (Å²) in [6.07, 6.45) is 0. The maximum absolute atomic E-state index is 12.3. The van der Waals surface area contributed by atoms with Gasteiger partial charge in [-0.15, -0.1) is 0 Å². The highest BCUT2D eigenvalue weighted by molar-refractivity contribution is 7.89. The third-order valence-electron chi connectivity index (χ3n) is 3.23. The SMILES string of the molecule is Cc1nn(C)c(C)c1S(=O)(=O)NCC1COCCN1. The minimum absolute atomic E-state index is 0.0146. The van der Waals surface area contributed by atoms with Gasteiger partial charge in [-0.05, 0) is 13.8 Å². The summed E-state index contributed by atoms with van der Waals surface area (Å²) in [4.78, 5) is 0.270. The first-order valence-corrected chi connectivity index (χ1v) is 7.71. The molecule has 1 aliphatic rings. The number of nitrogens with zero attached hydrogens (tertiary/aromatic N) is 2. The standard InChI is InChI=1S/C11H20N4O3S/c1-8-11(9(2)15(3)14-8)19(16,17)13-6-10-7-18-5-4-12-10/h10,12-13H,4-7H2,1-3H3. The molecule has 19 heavy (non-hydrogen) atoms. The van der Waals surface area contributed by atoms with Crippen molar-refractivity contribution in [2.75, 3.05) is 26.3 Å². The van der Waals surface area contributed by atoms with Crippen molar-refractivity contribution in [3.8, 4) is 0 Å². The van der Waals surface area contributed by atoms with E-state index in [0.29, 0.717) is 31.1 Å². The highest BCUT2D eigenvalue weighted by Gasteiger charge is 2.25. The maximum atomic E-state index is 12.3. The van der Waals surface area contributed by atoms with Crippen LogP contribution in [0.15, 0.2) is 4.90 Å². The Labute approximate surface area is 113 Å². The van der Waals surface area contributed by atoms with Crippen molar-refractivity contribution in [2.24, 2.45) is 7.05 Å². The first-order chi connectivity index (χ1) is 8.92. The van der Waals surface area contributed by atoms with Crippen LogP contribution in [0.2, 0.25) is 0 Å². The molecule has 7 nitrogen and oxygen atoms in total. The molecule has 1 fully saturated rings. The smallest absolute Gasteiger partial charge is 0.244 e. The predicted molar refractivity (Wildman–Crippen MR) is 70.5 cm³/mol. The van der Waals surface area contributed by atoms with Gasteiger partial charge in [0.15, 0.2) is 0 Å². The van der Waals surface area contributed by atoms with Gasteiger partial charge in [-0.2, -0.15) is 5.10 Å². The lowest BCUT2D eigenvalue weighted by atomic mass is 10.3. The van der Waals surface area contributed by atoms with Gasteiger partial charge in [-0.3, -0.25) is 4.68 Å². The van der Waals surface area contributed by atoms with Crippen LogP contribution in [0.1, 0.15) is 11.4 Å². The van der Waals surface area contributed by atoms with E-state index >= 15 is 0 Å². The topological polar surface area (TPSA) is 85.2 Å². The van der Waals surface area contributed by atoms with Gasteiger partial charge in [-0.1, -0.05) is 0 Å². The zero-order valence-corrected chi connectivity index (χ0v) is 12.2. The lowest BCUT2D eigenvalue weighted by Crippen LogP contribution is -2.48. The fourth-order valence-corrected chi connectivity index (χ4v) is 3.69. The lowest BCUT2D eigenvalue weighted by Gasteiger charge is -2.23. The first-order valence-electron chi connectivity index (χ1n) is 6.23. The number of aromatic nitrogens is 2. The summed E-state index contributed by atoms with van der Waals surface area (Å²) in [6, 6.07) is 0.0146. The van der Waals surface area contributed by atoms with Crippen LogP contribution in [0.5, 0.6) is 0 Å². The van der Waals surface area contributed by atoms with Crippen LogP contribution in [-0.2, 0) is 21.8 Å². The quantitative estimate of drug-likeness (QED) is 0.765. The van der Waals surface area contributed by atoms with Crippen LogP contribution in [0.4, 0.5) is 0 Å². The molecule has 2 N–H and O–H groups in total. The zero-order valence-electron chi connectivity index (χ0n) is 11.4. The van der Waals surface area contributed by atoms with Gasteiger partial charge in [0.25, 0.3) is 0 Å². The number of morpholine rings is 1. The number of nitrogens with one attached hydrogen (secondary N) is 2. The zero-order chi connectivity index (χ0) is 14.0. The molecule has 8 heteroatoms. The molecule has 1 aromatic rings. The van der Waals surface area contributed by atoms with Crippen LogP contribution in [0.25, 0.3) is 0 Å². The molecular weight excluding hydrogens is 268 g/mol. The van der Waals surface area contributed by atoms with Gasteiger partial charge in [0, 0.05) is 26.2 Å². The van der Waals surface area contributed by atoms with Crippen molar-refractivity contribution >= 4 is 10.0 Å². The predicted octanol–water partition coefficient (Wildman–Crippen LogP) is -0.696. The summed E-state index contributed by atoms with van der Waals surface area (Å²) in [5.41, 5.74) is 1.15. The summed E-state index contributed by atoms with van der Waals surface area (Å²) in [7, 11) is -1.80. The Morgan fingerprint density at radius 2 is 2.26 bits per heavy atom. The third kappa shape index (κ3) is 3.14. The molecular formula is C11H20N4O3S. The Bertz CT molecular complexity index is 547. The van der Waals surface area contributed by atoms with Gasteiger partial charge >= 0.3 is 0 Å². The first kappa shape index (κ1) is 14.4. The average Bonchev–Trinajstić information content (AvgIpc) is 2.63. The Morgan fingerprint density at radius 3 is 2.79 bits per heavy atom. The molecule has 1 saturated heterocycles. The number of ether oxygens (including phenoxy) is 1. The molecule has 0 aromatic carbocycles. The second kappa shape index (κ2) is 5.58. The molecule has 0 bridgehead atoms. The molecule has 1 aromatic heterocycles. The maximum Gasteiger partial charge on any atom is 0.244 e. The Morgan fingerprint density at radius 1 is 1.53 bits per heavy atom. The number of aryl methyl sites for hydroxylation is 2. The van der Waals surface area contributed by atoms with E-state index in [4.69, 9.17) is 4.74 Å². The van der Waals surface area contributed by atoms with Crippen molar-refractivity contribution in [3.63, 3.8) is 0 Å². The van der Waals surface area contributed by atoms with Crippen LogP contribution in [-0.4, -0.2) is 50.5 Å². The molecule has 2 rings (SSSR count). The van der Waals surface area contributed by atoms with Crippen LogP contribution >= 0.6 is 0 Å². The van der Waals surface area contributed by atoms with E-state index in [1.165, 1.54) is 0 Å². The minimum atomic E-state index is -3.53. The number of rotatable bonds is 4. The second-order valence-electron chi connectivity index (χ2n) is 4.70. The van der Waals surface area contributed by atoms with E-state index in [9.17, 15) is 8.42 Å². The van der Waals surface area contributed by atoms with Crippen LogP contribution < -0.4 is 10.0 Å². The van der Waals surface area contributed by atoms with E-state index in [0.717, 1.165) is 6.54 Å². The Hall–Kier alpha value is -0.960. The van der Waals surface area contributed by atoms with Gasteiger partial charge in [-0.25, -0.2) is 13.1 Å². The van der Waals surface area contributed by atoms with E-state index in [1.807, 2.05) is 0 Å². The fraction of sp³-hybridized carbons (Fsp3) is 0.727. The molecule has 1 unspecified atom stereocenters. The van der Waals surface area contributed by atoms with Gasteiger partial charge < -0.3 is 10.1 Å². The normalized spacial score (nSPS) is 20.7. The fourth-order valence-electron chi connectivity index (χ4n) is 2.18. The van der Waals surface area contributed by atoms with Crippen LogP contribution in [0, 0.1) is 13.8 Å². The summed E-state index contributed by atoms with van der Waals surface area (Å²) in [6.45, 7) is 5.70. The van der Waals surface area contributed by atoms with Crippen molar-refractivity contribution in [1.29, 1.82) is 0 Å². The van der Waals surface area contributed by atoms with Gasteiger partial charge in [0.1, 0.15) is 4.90 Å². The molecule has 1 aliphatic heterocycles. The number of hydrogen-bond acceptors (Lipinski definition) is 5. The highest BCUT2D eigenvalue weighted by Crippen LogP contribution is 2.18. The lowest BCUT2D eigenvalue weighted by molar-refractivity contribution is 0.0784.